The van der Waals surface area contributed by atoms with Crippen molar-refractivity contribution < 1.29 is 9.90 Å². The minimum absolute atomic E-state index is 0.246. The topological polar surface area (TPSA) is 40.5 Å². The number of carboxylic acid groups (broad SMARTS) is 1. The molecule has 0 amide bonds. The van der Waals surface area contributed by atoms with Gasteiger partial charge in [0.15, 0.2) is 0 Å². The number of aromatic carboxylic acids is 1. The molecule has 1 N–H and O–H groups in total. The summed E-state index contributed by atoms with van der Waals surface area (Å²) in [6, 6.07) is 4.94. The molecule has 16 heavy (non-hydrogen) atoms. The first-order valence-corrected chi connectivity index (χ1v) is 5.78. The van der Waals surface area contributed by atoms with Crippen LogP contribution in [0.15, 0.2) is 18.2 Å². The summed E-state index contributed by atoms with van der Waals surface area (Å²) in [6.45, 7) is 3.03. The van der Waals surface area contributed by atoms with Crippen LogP contribution in [0.3, 0.4) is 0 Å². The van der Waals surface area contributed by atoms with E-state index in [1.54, 1.807) is 6.07 Å². The Morgan fingerprint density at radius 2 is 2.06 bits per heavy atom. The first-order chi connectivity index (χ1) is 7.66. The van der Waals surface area contributed by atoms with Gasteiger partial charge in [0.1, 0.15) is 0 Å². The Morgan fingerprint density at radius 3 is 2.62 bits per heavy atom. The van der Waals surface area contributed by atoms with E-state index in [9.17, 15) is 4.79 Å². The molecule has 1 saturated heterocycles. The van der Waals surface area contributed by atoms with Crippen molar-refractivity contribution in [2.24, 2.45) is 0 Å². The van der Waals surface area contributed by atoms with Crippen LogP contribution in [0.2, 0.25) is 5.02 Å². The third-order valence-corrected chi connectivity index (χ3v) is 3.24. The average Bonchev–Trinajstić information content (AvgIpc) is 2.73. The molecule has 0 saturated carbocycles. The summed E-state index contributed by atoms with van der Waals surface area (Å²) >= 11 is 6.06. The van der Waals surface area contributed by atoms with Gasteiger partial charge in [0.25, 0.3) is 0 Å². The summed E-state index contributed by atoms with van der Waals surface area (Å²) in [7, 11) is 0. The third-order valence-electron chi connectivity index (χ3n) is 2.89. The molecule has 4 heteroatoms. The molecule has 1 aromatic rings. The van der Waals surface area contributed by atoms with E-state index in [-0.39, 0.29) is 5.56 Å². The SMILES string of the molecule is O=C(O)c1ccc(CN2CCCC2)c(Cl)c1. The highest BCUT2D eigenvalue weighted by molar-refractivity contribution is 6.31. The Hall–Kier alpha value is -1.06. The van der Waals surface area contributed by atoms with E-state index in [1.165, 1.54) is 18.9 Å². The van der Waals surface area contributed by atoms with Crippen LogP contribution < -0.4 is 0 Å². The Labute approximate surface area is 99.6 Å². The number of nitrogens with zero attached hydrogens (tertiary/aromatic N) is 1. The number of benzene rings is 1. The van der Waals surface area contributed by atoms with Gasteiger partial charge in [-0.25, -0.2) is 4.79 Å². The molecular weight excluding hydrogens is 226 g/mol. The molecule has 2 rings (SSSR count). The zero-order valence-electron chi connectivity index (χ0n) is 8.95. The second-order valence-electron chi connectivity index (χ2n) is 4.09. The number of halogens is 1. The number of likely N-dealkylation sites (tertiary alicyclic amines) is 1. The molecular formula is C12H14ClNO2. The van der Waals surface area contributed by atoms with Crippen molar-refractivity contribution in [1.82, 2.24) is 4.90 Å². The molecule has 0 unspecified atom stereocenters. The van der Waals surface area contributed by atoms with Crippen molar-refractivity contribution in [2.45, 2.75) is 19.4 Å². The Bertz CT molecular complexity index is 400. The lowest BCUT2D eigenvalue weighted by Gasteiger charge is -2.15. The van der Waals surface area contributed by atoms with Crippen LogP contribution in [-0.2, 0) is 6.54 Å². The fourth-order valence-corrected chi connectivity index (χ4v) is 2.23. The van der Waals surface area contributed by atoms with Gasteiger partial charge in [-0.3, -0.25) is 4.90 Å². The molecule has 0 aliphatic carbocycles. The van der Waals surface area contributed by atoms with E-state index < -0.39 is 5.97 Å². The van der Waals surface area contributed by atoms with Gasteiger partial charge in [-0.05, 0) is 43.6 Å². The van der Waals surface area contributed by atoms with Gasteiger partial charge in [0.2, 0.25) is 0 Å². The van der Waals surface area contributed by atoms with Crippen molar-refractivity contribution in [3.8, 4) is 0 Å². The lowest BCUT2D eigenvalue weighted by Crippen LogP contribution is -2.18. The highest BCUT2D eigenvalue weighted by Crippen LogP contribution is 2.21. The van der Waals surface area contributed by atoms with Gasteiger partial charge in [0, 0.05) is 11.6 Å². The number of carbonyl (C=O) groups is 1. The first kappa shape index (κ1) is 11.4. The van der Waals surface area contributed by atoms with Gasteiger partial charge in [-0.15, -0.1) is 0 Å². The molecule has 0 atom stereocenters. The predicted octanol–water partition coefficient (Wildman–Crippen LogP) is 2.63. The monoisotopic (exact) mass is 239 g/mol. The van der Waals surface area contributed by atoms with Crippen LogP contribution >= 0.6 is 11.6 Å². The Morgan fingerprint density at radius 1 is 1.38 bits per heavy atom. The molecule has 0 spiro atoms. The molecule has 0 aromatic heterocycles. The van der Waals surface area contributed by atoms with Crippen molar-refractivity contribution in [3.63, 3.8) is 0 Å². The van der Waals surface area contributed by atoms with E-state index >= 15 is 0 Å². The maximum atomic E-state index is 10.7. The van der Waals surface area contributed by atoms with Crippen molar-refractivity contribution in [3.05, 3.63) is 34.3 Å². The normalized spacial score (nSPS) is 16.6. The van der Waals surface area contributed by atoms with Crippen LogP contribution in [0.5, 0.6) is 0 Å². The summed E-state index contributed by atoms with van der Waals surface area (Å²) < 4.78 is 0. The molecule has 1 fully saturated rings. The Balaban J connectivity index is 2.12. The molecule has 1 heterocycles. The van der Waals surface area contributed by atoms with Gasteiger partial charge in [-0.1, -0.05) is 17.7 Å². The zero-order valence-corrected chi connectivity index (χ0v) is 9.70. The summed E-state index contributed by atoms with van der Waals surface area (Å²) in [6.07, 6.45) is 2.48. The van der Waals surface area contributed by atoms with Crippen LogP contribution in [0, 0.1) is 0 Å². The summed E-state index contributed by atoms with van der Waals surface area (Å²) in [5.74, 6) is -0.936. The summed E-state index contributed by atoms with van der Waals surface area (Å²) in [5.41, 5.74) is 1.25. The quantitative estimate of drug-likeness (QED) is 0.882. The van der Waals surface area contributed by atoms with Gasteiger partial charge in [0.05, 0.1) is 5.56 Å². The smallest absolute Gasteiger partial charge is 0.335 e. The lowest BCUT2D eigenvalue weighted by molar-refractivity contribution is 0.0697. The summed E-state index contributed by atoms with van der Waals surface area (Å²) in [5, 5.41) is 9.36. The van der Waals surface area contributed by atoms with Gasteiger partial charge in [-0.2, -0.15) is 0 Å². The Kier molecular flexibility index (Phi) is 3.46. The van der Waals surface area contributed by atoms with Gasteiger partial charge < -0.3 is 5.11 Å². The largest absolute Gasteiger partial charge is 0.478 e. The lowest BCUT2D eigenvalue weighted by atomic mass is 10.1. The third kappa shape index (κ3) is 2.54. The van der Waals surface area contributed by atoms with E-state index in [0.29, 0.717) is 5.02 Å². The maximum Gasteiger partial charge on any atom is 0.335 e. The van der Waals surface area contributed by atoms with Crippen molar-refractivity contribution in [2.75, 3.05) is 13.1 Å². The number of hydrogen-bond acceptors (Lipinski definition) is 2. The van der Waals surface area contributed by atoms with E-state index in [4.69, 9.17) is 16.7 Å². The fourth-order valence-electron chi connectivity index (χ4n) is 1.99. The van der Waals surface area contributed by atoms with Crippen molar-refractivity contribution >= 4 is 17.6 Å². The highest BCUT2D eigenvalue weighted by Gasteiger charge is 2.14. The molecule has 1 aliphatic heterocycles. The molecule has 3 nitrogen and oxygen atoms in total. The van der Waals surface area contributed by atoms with Crippen LogP contribution in [0.1, 0.15) is 28.8 Å². The van der Waals surface area contributed by atoms with Gasteiger partial charge >= 0.3 is 5.97 Å². The first-order valence-electron chi connectivity index (χ1n) is 5.41. The minimum atomic E-state index is -0.936. The minimum Gasteiger partial charge on any atom is -0.478 e. The molecule has 1 aliphatic rings. The number of carboxylic acids is 1. The number of rotatable bonds is 3. The molecule has 1 aromatic carbocycles. The highest BCUT2D eigenvalue weighted by atomic mass is 35.5. The second kappa shape index (κ2) is 4.85. The summed E-state index contributed by atoms with van der Waals surface area (Å²) in [4.78, 5) is 13.1. The van der Waals surface area contributed by atoms with Crippen LogP contribution in [0.25, 0.3) is 0 Å². The van der Waals surface area contributed by atoms with Crippen LogP contribution in [-0.4, -0.2) is 29.1 Å². The average molecular weight is 240 g/mol. The standard InChI is InChI=1S/C12H14ClNO2/c13-11-7-9(12(15)16)3-4-10(11)8-14-5-1-2-6-14/h3-4,7H,1-2,5-6,8H2,(H,15,16). The second-order valence-corrected chi connectivity index (χ2v) is 4.50. The molecule has 0 bridgehead atoms. The predicted molar refractivity (Wildman–Crippen MR) is 62.9 cm³/mol. The molecule has 86 valence electrons. The van der Waals surface area contributed by atoms with Crippen molar-refractivity contribution in [1.29, 1.82) is 0 Å². The molecule has 0 radical (unpaired) electrons. The number of hydrogen-bond donors (Lipinski definition) is 1. The maximum absolute atomic E-state index is 10.7. The van der Waals surface area contributed by atoms with E-state index in [2.05, 4.69) is 4.90 Å². The zero-order chi connectivity index (χ0) is 11.5. The van der Waals surface area contributed by atoms with Crippen LogP contribution in [0.4, 0.5) is 0 Å². The van der Waals surface area contributed by atoms with E-state index in [1.807, 2.05) is 6.07 Å². The van der Waals surface area contributed by atoms with E-state index in [0.717, 1.165) is 25.2 Å². The fraction of sp³-hybridized carbons (Fsp3) is 0.417.